The Kier molecular flexibility index (Phi) is 3.54. The maximum atomic E-state index is 4.37. The minimum absolute atomic E-state index is 0.473. The molecule has 17 heavy (non-hydrogen) atoms. The number of rotatable bonds is 4. The Hall–Kier alpha value is -1.68. The van der Waals surface area contributed by atoms with Crippen LogP contribution in [0, 0.1) is 6.92 Å². The SMILES string of the molecule is Cc1cncc(-n2cnc(CNC(C)C)c2)c1. The summed E-state index contributed by atoms with van der Waals surface area (Å²) in [5.41, 5.74) is 3.24. The van der Waals surface area contributed by atoms with Crippen molar-refractivity contribution < 1.29 is 0 Å². The van der Waals surface area contributed by atoms with Gasteiger partial charge in [0.05, 0.1) is 23.9 Å². The summed E-state index contributed by atoms with van der Waals surface area (Å²) in [6, 6.07) is 2.56. The van der Waals surface area contributed by atoms with Crippen molar-refractivity contribution >= 4 is 0 Å². The highest BCUT2D eigenvalue weighted by atomic mass is 15.1. The van der Waals surface area contributed by atoms with Gasteiger partial charge in [0.1, 0.15) is 0 Å². The standard InChI is InChI=1S/C13H18N4/c1-10(2)15-6-12-8-17(9-16-12)13-4-11(3)5-14-7-13/h4-5,7-10,15H,6H2,1-3H3. The van der Waals surface area contributed by atoms with Crippen LogP contribution in [0.5, 0.6) is 0 Å². The van der Waals surface area contributed by atoms with Crippen molar-refractivity contribution in [1.29, 1.82) is 0 Å². The van der Waals surface area contributed by atoms with Crippen molar-refractivity contribution in [3.05, 3.63) is 42.2 Å². The molecule has 0 aromatic carbocycles. The van der Waals surface area contributed by atoms with Crippen LogP contribution in [0.25, 0.3) is 5.69 Å². The van der Waals surface area contributed by atoms with Crippen LogP contribution in [0.3, 0.4) is 0 Å². The molecule has 1 N–H and O–H groups in total. The van der Waals surface area contributed by atoms with E-state index in [1.54, 1.807) is 0 Å². The molecule has 2 aromatic heterocycles. The van der Waals surface area contributed by atoms with Gasteiger partial charge in [-0.3, -0.25) is 4.98 Å². The fourth-order valence-corrected chi connectivity index (χ4v) is 1.58. The second-order valence-corrected chi connectivity index (χ2v) is 4.53. The molecule has 0 saturated carbocycles. The van der Waals surface area contributed by atoms with Gasteiger partial charge in [-0.1, -0.05) is 13.8 Å². The highest BCUT2D eigenvalue weighted by Gasteiger charge is 2.02. The lowest BCUT2D eigenvalue weighted by Crippen LogP contribution is -2.21. The third-order valence-electron chi connectivity index (χ3n) is 2.49. The number of pyridine rings is 1. The van der Waals surface area contributed by atoms with Crippen molar-refractivity contribution in [2.24, 2.45) is 0 Å². The second kappa shape index (κ2) is 5.10. The largest absolute Gasteiger partial charge is 0.309 e. The summed E-state index contributed by atoms with van der Waals surface area (Å²) in [5, 5.41) is 3.35. The molecule has 0 atom stereocenters. The van der Waals surface area contributed by atoms with Gasteiger partial charge in [-0.15, -0.1) is 0 Å². The lowest BCUT2D eigenvalue weighted by Gasteiger charge is -2.05. The molecule has 0 aliphatic carbocycles. The molecule has 90 valence electrons. The monoisotopic (exact) mass is 230 g/mol. The first-order valence-corrected chi connectivity index (χ1v) is 5.83. The summed E-state index contributed by atoms with van der Waals surface area (Å²) >= 11 is 0. The van der Waals surface area contributed by atoms with Crippen LogP contribution >= 0.6 is 0 Å². The van der Waals surface area contributed by atoms with Crippen molar-refractivity contribution in [3.63, 3.8) is 0 Å². The highest BCUT2D eigenvalue weighted by Crippen LogP contribution is 2.09. The topological polar surface area (TPSA) is 42.7 Å². The first-order valence-electron chi connectivity index (χ1n) is 5.83. The molecule has 2 rings (SSSR count). The van der Waals surface area contributed by atoms with Gasteiger partial charge >= 0.3 is 0 Å². The van der Waals surface area contributed by atoms with Crippen molar-refractivity contribution in [2.75, 3.05) is 0 Å². The van der Waals surface area contributed by atoms with E-state index in [1.165, 1.54) is 0 Å². The quantitative estimate of drug-likeness (QED) is 0.874. The first kappa shape index (κ1) is 11.8. The highest BCUT2D eigenvalue weighted by molar-refractivity contribution is 5.32. The van der Waals surface area contributed by atoms with E-state index in [9.17, 15) is 0 Å². The minimum atomic E-state index is 0.473. The maximum absolute atomic E-state index is 4.37. The number of aryl methyl sites for hydroxylation is 1. The Balaban J connectivity index is 2.12. The van der Waals surface area contributed by atoms with E-state index in [-0.39, 0.29) is 0 Å². The van der Waals surface area contributed by atoms with Gasteiger partial charge in [-0.05, 0) is 18.6 Å². The van der Waals surface area contributed by atoms with Gasteiger partial charge in [0.15, 0.2) is 0 Å². The Morgan fingerprint density at radius 1 is 1.35 bits per heavy atom. The van der Waals surface area contributed by atoms with Gasteiger partial charge in [0.25, 0.3) is 0 Å². The van der Waals surface area contributed by atoms with Gasteiger partial charge in [-0.2, -0.15) is 0 Å². The number of imidazole rings is 1. The van der Waals surface area contributed by atoms with Crippen LogP contribution in [0.15, 0.2) is 31.0 Å². The van der Waals surface area contributed by atoms with E-state index < -0.39 is 0 Å². The van der Waals surface area contributed by atoms with Crippen LogP contribution in [0.1, 0.15) is 25.1 Å². The first-order chi connectivity index (χ1) is 8.15. The normalized spacial score (nSPS) is 11.1. The van der Waals surface area contributed by atoms with E-state index >= 15 is 0 Å². The molecule has 0 saturated heterocycles. The Bertz CT molecular complexity index is 488. The third-order valence-corrected chi connectivity index (χ3v) is 2.49. The van der Waals surface area contributed by atoms with Crippen LogP contribution in [-0.4, -0.2) is 20.6 Å². The van der Waals surface area contributed by atoms with Crippen LogP contribution in [-0.2, 0) is 6.54 Å². The minimum Gasteiger partial charge on any atom is -0.309 e. The fourth-order valence-electron chi connectivity index (χ4n) is 1.58. The van der Waals surface area contributed by atoms with E-state index in [0.29, 0.717) is 6.04 Å². The van der Waals surface area contributed by atoms with E-state index in [4.69, 9.17) is 0 Å². The van der Waals surface area contributed by atoms with Crippen LogP contribution in [0.4, 0.5) is 0 Å². The predicted octanol–water partition coefficient (Wildman–Crippen LogP) is 2.07. The zero-order chi connectivity index (χ0) is 12.3. The summed E-state index contributed by atoms with van der Waals surface area (Å²) in [4.78, 5) is 8.55. The molecule has 0 fully saturated rings. The Labute approximate surface area is 102 Å². The fraction of sp³-hybridized carbons (Fsp3) is 0.385. The molecule has 4 nitrogen and oxygen atoms in total. The predicted molar refractivity (Wildman–Crippen MR) is 68.1 cm³/mol. The Morgan fingerprint density at radius 3 is 2.88 bits per heavy atom. The summed E-state index contributed by atoms with van der Waals surface area (Å²) in [7, 11) is 0. The van der Waals surface area contributed by atoms with Gasteiger partial charge in [-0.25, -0.2) is 4.98 Å². The molecule has 2 aromatic rings. The van der Waals surface area contributed by atoms with Gasteiger partial charge in [0.2, 0.25) is 0 Å². The molecule has 0 aliphatic heterocycles. The zero-order valence-electron chi connectivity index (χ0n) is 10.5. The summed E-state index contributed by atoms with van der Waals surface area (Å²) in [6.45, 7) is 7.08. The van der Waals surface area contributed by atoms with Crippen molar-refractivity contribution in [1.82, 2.24) is 19.9 Å². The summed E-state index contributed by atoms with van der Waals surface area (Å²) < 4.78 is 2.00. The second-order valence-electron chi connectivity index (χ2n) is 4.53. The molecule has 0 spiro atoms. The van der Waals surface area contributed by atoms with Gasteiger partial charge < -0.3 is 9.88 Å². The molecule has 0 radical (unpaired) electrons. The van der Waals surface area contributed by atoms with Crippen LogP contribution < -0.4 is 5.32 Å². The number of nitrogens with one attached hydrogen (secondary N) is 1. The molecule has 0 unspecified atom stereocenters. The summed E-state index contributed by atoms with van der Waals surface area (Å²) in [6.07, 6.45) is 7.55. The molecule has 0 bridgehead atoms. The lowest BCUT2D eigenvalue weighted by atomic mass is 10.3. The third kappa shape index (κ3) is 3.14. The maximum Gasteiger partial charge on any atom is 0.0996 e. The molecule has 2 heterocycles. The number of nitrogens with zero attached hydrogens (tertiary/aromatic N) is 3. The average Bonchev–Trinajstić information content (AvgIpc) is 2.75. The van der Waals surface area contributed by atoms with E-state index in [2.05, 4.69) is 35.2 Å². The Morgan fingerprint density at radius 2 is 2.18 bits per heavy atom. The van der Waals surface area contributed by atoms with Crippen LogP contribution in [0.2, 0.25) is 0 Å². The number of hydrogen-bond acceptors (Lipinski definition) is 3. The zero-order valence-corrected chi connectivity index (χ0v) is 10.5. The smallest absolute Gasteiger partial charge is 0.0996 e. The average molecular weight is 230 g/mol. The molecular formula is C13H18N4. The molecule has 4 heteroatoms. The molecule has 0 amide bonds. The van der Waals surface area contributed by atoms with Gasteiger partial charge in [0, 0.05) is 25.0 Å². The molecule has 0 aliphatic rings. The van der Waals surface area contributed by atoms with E-state index in [1.807, 2.05) is 36.4 Å². The number of hydrogen-bond donors (Lipinski definition) is 1. The molecular weight excluding hydrogens is 212 g/mol. The number of aromatic nitrogens is 3. The van der Waals surface area contributed by atoms with Crippen molar-refractivity contribution in [2.45, 2.75) is 33.4 Å². The van der Waals surface area contributed by atoms with Crippen molar-refractivity contribution in [3.8, 4) is 5.69 Å². The lowest BCUT2D eigenvalue weighted by molar-refractivity contribution is 0.582. The summed E-state index contributed by atoms with van der Waals surface area (Å²) in [5.74, 6) is 0. The van der Waals surface area contributed by atoms with E-state index in [0.717, 1.165) is 23.5 Å².